The number of fused-ring (bicyclic) bond motifs is 9. The van der Waals surface area contributed by atoms with Crippen LogP contribution in [0.15, 0.2) is 72.8 Å². The Morgan fingerprint density at radius 2 is 1.16 bits per heavy atom. The van der Waals surface area contributed by atoms with Gasteiger partial charge in [0.05, 0.1) is 0 Å². The van der Waals surface area contributed by atoms with Gasteiger partial charge in [0.15, 0.2) is 0 Å². The minimum atomic E-state index is -1.21. The fourth-order valence-corrected chi connectivity index (χ4v) is 20.4. The zero-order chi connectivity index (χ0) is 29.4. The van der Waals surface area contributed by atoms with E-state index >= 15 is 17.6 Å². The molecule has 6 heterocycles. The number of thiophene rings is 2. The molecule has 5 aromatic heterocycles. The molecule has 0 spiro atoms. The van der Waals surface area contributed by atoms with Crippen LogP contribution < -0.4 is 4.46 Å². The molecule has 10 rings (SSSR count). The zero-order valence-corrected chi connectivity index (χ0v) is 30.5. The molecular weight excluding hydrogens is 864 g/mol. The maximum atomic E-state index is 16.1. The van der Waals surface area contributed by atoms with E-state index in [0.29, 0.717) is 35.0 Å². The van der Waals surface area contributed by atoms with Crippen LogP contribution in [-0.2, 0) is 0 Å². The molecule has 1 aliphatic heterocycles. The van der Waals surface area contributed by atoms with Crippen molar-refractivity contribution in [3.05, 3.63) is 100 Å². The number of hydrogen-bond acceptors (Lipinski definition) is 2. The fraction of sp³-hybridized carbons (Fsp3) is 0.0588. The third-order valence-electron chi connectivity index (χ3n) is 8.34. The Morgan fingerprint density at radius 1 is 0.568 bits per heavy atom. The normalized spacial score (nSPS) is 17.0. The van der Waals surface area contributed by atoms with Crippen molar-refractivity contribution in [1.82, 2.24) is 0 Å². The van der Waals surface area contributed by atoms with E-state index in [9.17, 15) is 0 Å². The topological polar surface area (TPSA) is 0 Å². The van der Waals surface area contributed by atoms with Crippen LogP contribution in [0.1, 0.15) is 21.0 Å². The summed E-state index contributed by atoms with van der Waals surface area (Å²) in [4.78, 5) is -0.401. The third-order valence-corrected chi connectivity index (χ3v) is 22.5. The van der Waals surface area contributed by atoms with Gasteiger partial charge >= 0.3 is 282 Å². The quantitative estimate of drug-likeness (QED) is 0.120. The summed E-state index contributed by atoms with van der Waals surface area (Å²) in [5, 5.41) is 3.86. The molecular formula is C34H14F4S2Se4. The van der Waals surface area contributed by atoms with Crippen LogP contribution in [0.2, 0.25) is 0 Å². The summed E-state index contributed by atoms with van der Waals surface area (Å²) in [6.45, 7) is 0. The van der Waals surface area contributed by atoms with Gasteiger partial charge in [-0.2, -0.15) is 0 Å². The van der Waals surface area contributed by atoms with Crippen molar-refractivity contribution in [1.29, 1.82) is 0 Å². The minimum absolute atomic E-state index is 0.188. The average Bonchev–Trinajstić information content (AvgIpc) is 3.86. The molecule has 2 atom stereocenters. The van der Waals surface area contributed by atoms with Crippen molar-refractivity contribution >= 4 is 144 Å². The van der Waals surface area contributed by atoms with Crippen LogP contribution in [0.25, 0.3) is 67.4 Å². The van der Waals surface area contributed by atoms with Crippen LogP contribution in [-0.4, -0.2) is 58.5 Å². The molecule has 0 N–H and O–H groups in total. The Labute approximate surface area is 279 Å². The fourth-order valence-electron chi connectivity index (χ4n) is 6.25. The van der Waals surface area contributed by atoms with Gasteiger partial charge in [-0.1, -0.05) is 0 Å². The predicted molar refractivity (Wildman–Crippen MR) is 182 cm³/mol. The van der Waals surface area contributed by atoms with Gasteiger partial charge < -0.3 is 0 Å². The maximum absolute atomic E-state index is 16.1. The molecule has 0 saturated carbocycles. The van der Waals surface area contributed by atoms with Crippen molar-refractivity contribution in [3.63, 3.8) is 0 Å². The van der Waals surface area contributed by atoms with E-state index in [0.717, 1.165) is 46.8 Å². The SMILES string of the molecule is Fc1c(-c2[se]c3cc4sc5c6cc7c(cc6sc5c4cc3c2F)[Se]C(c2[se]c3ccccc3c2F)C7F)[se]c2ccccc12. The first-order chi connectivity index (χ1) is 21.4. The summed E-state index contributed by atoms with van der Waals surface area (Å²) in [7, 11) is 0. The first kappa shape index (κ1) is 27.2. The van der Waals surface area contributed by atoms with E-state index in [1.54, 1.807) is 34.8 Å². The second-order valence-corrected chi connectivity index (χ2v) is 22.1. The molecule has 0 fully saturated rings. The van der Waals surface area contributed by atoms with Crippen molar-refractivity contribution in [2.45, 2.75) is 11.0 Å². The van der Waals surface area contributed by atoms with E-state index in [2.05, 4.69) is 12.1 Å². The summed E-state index contributed by atoms with van der Waals surface area (Å²) in [6, 6.07) is 23.2. The molecule has 0 amide bonds. The van der Waals surface area contributed by atoms with Crippen molar-refractivity contribution in [2.75, 3.05) is 0 Å². The van der Waals surface area contributed by atoms with Crippen LogP contribution in [0, 0.1) is 17.5 Å². The Balaban J connectivity index is 1.09. The predicted octanol–water partition coefficient (Wildman–Crippen LogP) is 9.08. The molecule has 9 aromatic rings. The molecule has 214 valence electrons. The van der Waals surface area contributed by atoms with Gasteiger partial charge in [-0.25, -0.2) is 0 Å². The Bertz CT molecular complexity index is 2670. The zero-order valence-electron chi connectivity index (χ0n) is 22.0. The van der Waals surface area contributed by atoms with E-state index in [4.69, 9.17) is 0 Å². The van der Waals surface area contributed by atoms with Gasteiger partial charge in [0.1, 0.15) is 0 Å². The van der Waals surface area contributed by atoms with Gasteiger partial charge in [-0.05, 0) is 0 Å². The number of alkyl halides is 1. The van der Waals surface area contributed by atoms with Crippen molar-refractivity contribution < 1.29 is 17.6 Å². The van der Waals surface area contributed by atoms with Crippen LogP contribution in [0.5, 0.6) is 0 Å². The summed E-state index contributed by atoms with van der Waals surface area (Å²) in [6.07, 6.45) is -1.21. The summed E-state index contributed by atoms with van der Waals surface area (Å²) in [5.74, 6) is -0.768. The first-order valence-corrected chi connectivity index (χ1v) is 22.3. The number of halogens is 4. The second-order valence-electron chi connectivity index (χ2n) is 10.8. The van der Waals surface area contributed by atoms with Crippen LogP contribution in [0.3, 0.4) is 0 Å². The van der Waals surface area contributed by atoms with Gasteiger partial charge in [-0.3, -0.25) is 0 Å². The molecule has 0 nitrogen and oxygen atoms in total. The van der Waals surface area contributed by atoms with E-state index in [-0.39, 0.29) is 75.9 Å². The Morgan fingerprint density at radius 3 is 1.86 bits per heavy atom. The van der Waals surface area contributed by atoms with E-state index < -0.39 is 11.0 Å². The van der Waals surface area contributed by atoms with Gasteiger partial charge in [0.2, 0.25) is 0 Å². The number of rotatable bonds is 2. The summed E-state index contributed by atoms with van der Waals surface area (Å²) < 4.78 is 72.9. The van der Waals surface area contributed by atoms with E-state index in [1.807, 2.05) is 48.5 Å². The molecule has 0 saturated heterocycles. The summed E-state index contributed by atoms with van der Waals surface area (Å²) >= 11 is 2.40. The molecule has 4 aromatic carbocycles. The molecule has 2 unspecified atom stereocenters. The Hall–Kier alpha value is -1.92. The average molecular weight is 878 g/mol. The standard InChI is InChI=1S/C34H14F4S2Se4/c35-25-13-5-1-3-7-21(13)41-31(25)33-27(37)17-9-15-19(11-23(17)43-33)39-30-16-10-18-24(12-20(16)40-29(15)30)44-34(28(18)38)32-26(36)14-6-2-4-8-22(14)42-32/h1-12,27,33H. The number of benzene rings is 4. The van der Waals surface area contributed by atoms with Gasteiger partial charge in [-0.15, -0.1) is 0 Å². The third kappa shape index (κ3) is 3.73. The number of hydrogen-bond donors (Lipinski definition) is 0. The summed E-state index contributed by atoms with van der Waals surface area (Å²) in [5.41, 5.74) is 0.700. The molecule has 1 aliphatic rings. The second kappa shape index (κ2) is 9.79. The van der Waals surface area contributed by atoms with Crippen molar-refractivity contribution in [2.24, 2.45) is 0 Å². The van der Waals surface area contributed by atoms with Gasteiger partial charge in [0, 0.05) is 0 Å². The molecule has 0 radical (unpaired) electrons. The molecule has 44 heavy (non-hydrogen) atoms. The molecule has 0 bridgehead atoms. The van der Waals surface area contributed by atoms with Crippen LogP contribution in [0.4, 0.5) is 17.6 Å². The van der Waals surface area contributed by atoms with E-state index in [1.165, 1.54) is 0 Å². The van der Waals surface area contributed by atoms with Crippen molar-refractivity contribution in [3.8, 4) is 8.87 Å². The molecule has 0 aliphatic carbocycles. The van der Waals surface area contributed by atoms with Crippen LogP contribution >= 0.6 is 22.7 Å². The first-order valence-electron chi connectivity index (χ1n) is 13.6. The molecule has 10 heteroatoms. The Kier molecular flexibility index (Phi) is 6.06. The monoisotopic (exact) mass is 882 g/mol. The van der Waals surface area contributed by atoms with Gasteiger partial charge in [0.25, 0.3) is 0 Å².